The molecule has 0 saturated heterocycles. The molecule has 0 saturated carbocycles. The zero-order valence-corrected chi connectivity index (χ0v) is 7.60. The van der Waals surface area contributed by atoms with E-state index < -0.39 is 12.0 Å². The summed E-state index contributed by atoms with van der Waals surface area (Å²) in [6.45, 7) is 0. The number of aliphatic carboxylic acids is 1. The number of carboxylic acids is 1. The molecule has 1 rings (SSSR count). The first-order valence-electron chi connectivity index (χ1n) is 4.17. The molecule has 0 aliphatic heterocycles. The van der Waals surface area contributed by atoms with Crippen LogP contribution in [0, 0.1) is 12.3 Å². The van der Waals surface area contributed by atoms with Crippen LogP contribution in [0.5, 0.6) is 0 Å². The molecule has 0 fully saturated rings. The Kier molecular flexibility index (Phi) is 3.27. The summed E-state index contributed by atoms with van der Waals surface area (Å²) in [5.41, 5.74) is 7.03. The van der Waals surface area contributed by atoms with E-state index in [1.165, 1.54) is 0 Å². The zero-order chi connectivity index (χ0) is 10.6. The molecule has 1 atom stereocenters. The van der Waals surface area contributed by atoms with Crippen LogP contribution in [0.15, 0.2) is 24.3 Å². The van der Waals surface area contributed by atoms with Gasteiger partial charge in [-0.25, -0.2) is 0 Å². The monoisotopic (exact) mass is 189 g/mol. The van der Waals surface area contributed by atoms with E-state index in [1.54, 1.807) is 24.3 Å². The Bertz CT molecular complexity index is 362. The van der Waals surface area contributed by atoms with E-state index in [2.05, 4.69) is 5.92 Å². The first kappa shape index (κ1) is 10.3. The molecule has 0 radical (unpaired) electrons. The summed E-state index contributed by atoms with van der Waals surface area (Å²) < 4.78 is 0. The van der Waals surface area contributed by atoms with Crippen molar-refractivity contribution in [3.63, 3.8) is 0 Å². The van der Waals surface area contributed by atoms with Gasteiger partial charge < -0.3 is 10.8 Å². The highest BCUT2D eigenvalue weighted by Gasteiger charge is 2.11. The third-order valence-corrected chi connectivity index (χ3v) is 1.89. The van der Waals surface area contributed by atoms with Crippen molar-refractivity contribution < 1.29 is 9.90 Å². The number of benzene rings is 1. The van der Waals surface area contributed by atoms with Gasteiger partial charge >= 0.3 is 5.97 Å². The summed E-state index contributed by atoms with van der Waals surface area (Å²) in [6, 6.07) is 6.26. The fraction of sp³-hybridized carbons (Fsp3) is 0.182. The molecule has 72 valence electrons. The van der Waals surface area contributed by atoms with Crippen molar-refractivity contribution in [1.29, 1.82) is 0 Å². The summed E-state index contributed by atoms with van der Waals surface area (Å²) in [7, 11) is 0. The first-order chi connectivity index (χ1) is 6.63. The topological polar surface area (TPSA) is 63.3 Å². The fourth-order valence-corrected chi connectivity index (χ4v) is 1.08. The van der Waals surface area contributed by atoms with Gasteiger partial charge in [0, 0.05) is 5.56 Å². The van der Waals surface area contributed by atoms with E-state index in [-0.39, 0.29) is 0 Å². The standard InChI is InChI=1S/C11H11NO2/c1-2-8-3-5-9(6-4-8)7-10(12)11(13)14/h1,3-6,10H,7,12H2,(H,13,14)/t10-/m1/s1. The molecule has 14 heavy (non-hydrogen) atoms. The molecule has 3 heteroatoms. The number of carboxylic acid groups (broad SMARTS) is 1. The molecule has 0 aliphatic rings. The van der Waals surface area contributed by atoms with Crippen LogP contribution in [-0.4, -0.2) is 17.1 Å². The summed E-state index contributed by atoms with van der Waals surface area (Å²) in [6.07, 6.45) is 5.50. The molecule has 0 spiro atoms. The highest BCUT2D eigenvalue weighted by atomic mass is 16.4. The van der Waals surface area contributed by atoms with Gasteiger partial charge in [0.15, 0.2) is 0 Å². The predicted molar refractivity (Wildman–Crippen MR) is 53.7 cm³/mol. The molecule has 0 unspecified atom stereocenters. The molecular weight excluding hydrogens is 178 g/mol. The van der Waals surface area contributed by atoms with Gasteiger partial charge in [-0.05, 0) is 24.1 Å². The predicted octanol–water partition coefficient (Wildman–Crippen LogP) is 0.622. The van der Waals surface area contributed by atoms with Gasteiger partial charge in [-0.2, -0.15) is 0 Å². The fourth-order valence-electron chi connectivity index (χ4n) is 1.08. The quantitative estimate of drug-likeness (QED) is 0.685. The molecular formula is C11H11NO2. The summed E-state index contributed by atoms with van der Waals surface area (Å²) >= 11 is 0. The van der Waals surface area contributed by atoms with E-state index in [0.717, 1.165) is 11.1 Å². The average molecular weight is 189 g/mol. The number of nitrogens with two attached hydrogens (primary N) is 1. The van der Waals surface area contributed by atoms with Crippen LogP contribution in [0.3, 0.4) is 0 Å². The molecule has 3 N–H and O–H groups in total. The normalized spacial score (nSPS) is 11.7. The van der Waals surface area contributed by atoms with Gasteiger partial charge in [0.2, 0.25) is 0 Å². The van der Waals surface area contributed by atoms with E-state index in [4.69, 9.17) is 17.3 Å². The first-order valence-corrected chi connectivity index (χ1v) is 4.17. The molecule has 3 nitrogen and oxygen atoms in total. The van der Waals surface area contributed by atoms with Crippen molar-refractivity contribution in [2.75, 3.05) is 0 Å². The SMILES string of the molecule is C#Cc1ccc(C[C@@H](N)C(=O)O)cc1. The minimum Gasteiger partial charge on any atom is -0.480 e. The molecule has 0 bridgehead atoms. The second kappa shape index (κ2) is 4.45. The van der Waals surface area contributed by atoms with Crippen LogP contribution in [0.25, 0.3) is 0 Å². The number of hydrogen-bond acceptors (Lipinski definition) is 2. The van der Waals surface area contributed by atoms with E-state index in [9.17, 15) is 4.79 Å². The van der Waals surface area contributed by atoms with Gasteiger partial charge in [-0.3, -0.25) is 4.79 Å². The maximum atomic E-state index is 10.5. The lowest BCUT2D eigenvalue weighted by Gasteiger charge is -2.05. The lowest BCUT2D eigenvalue weighted by atomic mass is 10.1. The Morgan fingerprint density at radius 3 is 2.50 bits per heavy atom. The zero-order valence-electron chi connectivity index (χ0n) is 7.60. The maximum absolute atomic E-state index is 10.5. The van der Waals surface area contributed by atoms with Crippen LogP contribution in [0.2, 0.25) is 0 Å². The number of terminal acetylenes is 1. The van der Waals surface area contributed by atoms with Crippen molar-refractivity contribution in [2.45, 2.75) is 12.5 Å². The van der Waals surface area contributed by atoms with Crippen LogP contribution in [0.4, 0.5) is 0 Å². The molecule has 0 amide bonds. The molecule has 1 aromatic rings. The van der Waals surface area contributed by atoms with Crippen LogP contribution in [-0.2, 0) is 11.2 Å². The number of hydrogen-bond donors (Lipinski definition) is 2. The Hall–Kier alpha value is -1.79. The minimum atomic E-state index is -0.994. The Morgan fingerprint density at radius 2 is 2.07 bits per heavy atom. The van der Waals surface area contributed by atoms with Gasteiger partial charge in [0.25, 0.3) is 0 Å². The van der Waals surface area contributed by atoms with Crippen LogP contribution >= 0.6 is 0 Å². The van der Waals surface area contributed by atoms with Gasteiger partial charge in [0.1, 0.15) is 6.04 Å². The third-order valence-electron chi connectivity index (χ3n) is 1.89. The van der Waals surface area contributed by atoms with Gasteiger partial charge in [-0.15, -0.1) is 6.42 Å². The smallest absolute Gasteiger partial charge is 0.320 e. The van der Waals surface area contributed by atoms with E-state index in [1.807, 2.05) is 0 Å². The largest absolute Gasteiger partial charge is 0.480 e. The Morgan fingerprint density at radius 1 is 1.50 bits per heavy atom. The second-order valence-corrected chi connectivity index (χ2v) is 2.99. The highest BCUT2D eigenvalue weighted by Crippen LogP contribution is 2.05. The lowest BCUT2D eigenvalue weighted by molar-refractivity contribution is -0.138. The van der Waals surface area contributed by atoms with E-state index >= 15 is 0 Å². The minimum absolute atomic E-state index is 0.320. The highest BCUT2D eigenvalue weighted by molar-refractivity contribution is 5.73. The Labute approximate surface area is 82.6 Å². The van der Waals surface area contributed by atoms with Crippen molar-refractivity contribution >= 4 is 5.97 Å². The molecule has 0 aromatic heterocycles. The van der Waals surface area contributed by atoms with Crippen molar-refractivity contribution in [1.82, 2.24) is 0 Å². The van der Waals surface area contributed by atoms with Crippen LogP contribution < -0.4 is 5.73 Å². The van der Waals surface area contributed by atoms with Crippen molar-refractivity contribution in [2.24, 2.45) is 5.73 Å². The van der Waals surface area contributed by atoms with E-state index in [0.29, 0.717) is 6.42 Å². The third kappa shape index (κ3) is 2.61. The molecule has 0 heterocycles. The second-order valence-electron chi connectivity index (χ2n) is 2.99. The molecule has 0 aliphatic carbocycles. The average Bonchev–Trinajstić information content (AvgIpc) is 2.19. The Balaban J connectivity index is 2.70. The lowest BCUT2D eigenvalue weighted by Crippen LogP contribution is -2.32. The van der Waals surface area contributed by atoms with Crippen molar-refractivity contribution in [3.8, 4) is 12.3 Å². The maximum Gasteiger partial charge on any atom is 0.320 e. The van der Waals surface area contributed by atoms with Gasteiger partial charge in [-0.1, -0.05) is 18.1 Å². The summed E-state index contributed by atoms with van der Waals surface area (Å²) in [5.74, 6) is 1.49. The molecule has 1 aromatic carbocycles. The van der Waals surface area contributed by atoms with Crippen LogP contribution in [0.1, 0.15) is 11.1 Å². The van der Waals surface area contributed by atoms with Crippen molar-refractivity contribution in [3.05, 3.63) is 35.4 Å². The summed E-state index contributed by atoms with van der Waals surface area (Å²) in [4.78, 5) is 10.5. The number of carbonyl (C=O) groups is 1. The summed E-state index contributed by atoms with van der Waals surface area (Å²) in [5, 5.41) is 8.59. The number of rotatable bonds is 3. The van der Waals surface area contributed by atoms with Gasteiger partial charge in [0.05, 0.1) is 0 Å².